The third kappa shape index (κ3) is 26.5. The average Bonchev–Trinajstić information content (AvgIpc) is 2.68. The van der Waals surface area contributed by atoms with Crippen LogP contribution in [-0.4, -0.2) is 48.4 Å². The minimum Gasteiger partial charge on any atom is -0.352 e. The lowest BCUT2D eigenvalue weighted by molar-refractivity contribution is 0.240. The molecule has 2 heterocycles. The Morgan fingerprint density at radius 1 is 0.935 bits per heavy atom. The van der Waals surface area contributed by atoms with E-state index in [1.54, 1.807) is 0 Å². The summed E-state index contributed by atoms with van der Waals surface area (Å²) in [5, 5.41) is 9.46. The summed E-state index contributed by atoms with van der Waals surface area (Å²) in [6.07, 6.45) is 12.5. The van der Waals surface area contributed by atoms with Gasteiger partial charge in [0, 0.05) is 17.6 Å². The number of nitrogens with zero attached hydrogens (tertiary/aromatic N) is 1. The predicted octanol–water partition coefficient (Wildman–Crippen LogP) is 4.65. The summed E-state index contributed by atoms with van der Waals surface area (Å²) in [6, 6.07) is 1.20. The van der Waals surface area contributed by atoms with Gasteiger partial charge in [-0.3, -0.25) is 0 Å². The molecule has 31 heavy (non-hydrogen) atoms. The van der Waals surface area contributed by atoms with E-state index in [0.717, 1.165) is 12.1 Å². The number of carbonyl (C=O) groups excluding carboxylic acids is 2. The first-order valence-electron chi connectivity index (χ1n) is 12.0. The Balaban J connectivity index is 0. The topological polar surface area (TPSA) is 109 Å². The summed E-state index contributed by atoms with van der Waals surface area (Å²) < 4.78 is 0. The molecule has 2 saturated heterocycles. The number of amides is 2. The van der Waals surface area contributed by atoms with E-state index in [-0.39, 0.29) is 11.1 Å². The fraction of sp³-hybridized carbons (Fsp3) is 0.917. The molecule has 7 nitrogen and oxygen atoms in total. The smallest absolute Gasteiger partial charge is 0.312 e. The van der Waals surface area contributed by atoms with Crippen molar-refractivity contribution in [2.24, 2.45) is 10.7 Å². The highest BCUT2D eigenvalue weighted by Gasteiger charge is 2.10. The van der Waals surface area contributed by atoms with Crippen molar-refractivity contribution in [3.8, 4) is 0 Å². The van der Waals surface area contributed by atoms with Crippen LogP contribution in [0.3, 0.4) is 0 Å². The van der Waals surface area contributed by atoms with E-state index in [9.17, 15) is 9.59 Å². The molecule has 2 amide bonds. The van der Waals surface area contributed by atoms with E-state index in [1.807, 2.05) is 41.5 Å². The van der Waals surface area contributed by atoms with E-state index < -0.39 is 6.03 Å². The predicted molar refractivity (Wildman–Crippen MR) is 132 cm³/mol. The highest BCUT2D eigenvalue weighted by Crippen LogP contribution is 2.09. The van der Waals surface area contributed by atoms with Crippen LogP contribution < -0.4 is 21.7 Å². The van der Waals surface area contributed by atoms with Crippen LogP contribution in [0.1, 0.15) is 107 Å². The number of primary amides is 1. The van der Waals surface area contributed by atoms with Crippen molar-refractivity contribution < 1.29 is 9.59 Å². The van der Waals surface area contributed by atoms with Crippen molar-refractivity contribution in [2.75, 3.05) is 13.1 Å². The molecular weight excluding hydrogens is 390 g/mol. The quantitative estimate of drug-likeness (QED) is 0.369. The van der Waals surface area contributed by atoms with E-state index in [0.29, 0.717) is 0 Å². The fourth-order valence-corrected chi connectivity index (χ4v) is 3.05. The van der Waals surface area contributed by atoms with Gasteiger partial charge < -0.3 is 21.7 Å². The zero-order valence-electron chi connectivity index (χ0n) is 21.6. The molecule has 2 unspecified atom stereocenters. The summed E-state index contributed by atoms with van der Waals surface area (Å²) >= 11 is 0. The molecule has 2 aliphatic rings. The summed E-state index contributed by atoms with van der Waals surface area (Å²) in [7, 11) is 0. The van der Waals surface area contributed by atoms with Gasteiger partial charge in [0.15, 0.2) is 0 Å². The fourth-order valence-electron chi connectivity index (χ4n) is 3.05. The summed E-state index contributed by atoms with van der Waals surface area (Å²) in [5.41, 5.74) is 4.38. The molecule has 2 fully saturated rings. The Morgan fingerprint density at radius 2 is 1.35 bits per heavy atom. The molecule has 0 saturated carbocycles. The highest BCUT2D eigenvalue weighted by atomic mass is 16.2. The Labute approximate surface area is 191 Å². The third-order valence-corrected chi connectivity index (χ3v) is 4.69. The molecular formula is C24H51N5O2. The number of hydrogen-bond donors (Lipinski definition) is 4. The van der Waals surface area contributed by atoms with Crippen LogP contribution in [0.15, 0.2) is 4.99 Å². The molecule has 5 N–H and O–H groups in total. The van der Waals surface area contributed by atoms with Crippen molar-refractivity contribution in [3.05, 3.63) is 0 Å². The maximum atomic E-state index is 10.1. The van der Waals surface area contributed by atoms with Crippen molar-refractivity contribution in [2.45, 2.75) is 130 Å². The molecule has 0 aliphatic carbocycles. The molecule has 0 radical (unpaired) electrons. The van der Waals surface area contributed by atoms with E-state index in [4.69, 9.17) is 5.73 Å². The Hall–Kier alpha value is -1.43. The Morgan fingerprint density at radius 3 is 1.45 bits per heavy atom. The first-order chi connectivity index (χ1) is 14.3. The number of piperidine rings is 2. The van der Waals surface area contributed by atoms with Crippen LogP contribution in [0, 0.1) is 0 Å². The van der Waals surface area contributed by atoms with Gasteiger partial charge in [-0.1, -0.05) is 26.7 Å². The molecule has 0 spiro atoms. The molecule has 184 valence electrons. The van der Waals surface area contributed by atoms with Gasteiger partial charge in [-0.2, -0.15) is 0 Å². The van der Waals surface area contributed by atoms with Gasteiger partial charge in [0.25, 0.3) is 0 Å². The van der Waals surface area contributed by atoms with Crippen molar-refractivity contribution in [3.63, 3.8) is 0 Å². The first kappa shape index (κ1) is 31.8. The minimum absolute atomic E-state index is 0.203. The maximum absolute atomic E-state index is 10.1. The molecule has 7 heteroatoms. The third-order valence-electron chi connectivity index (χ3n) is 4.69. The van der Waals surface area contributed by atoms with Crippen LogP contribution in [-0.2, 0) is 4.79 Å². The van der Waals surface area contributed by atoms with Crippen molar-refractivity contribution in [1.82, 2.24) is 16.0 Å². The van der Waals surface area contributed by atoms with Gasteiger partial charge in [0.05, 0.1) is 5.54 Å². The van der Waals surface area contributed by atoms with Crippen LogP contribution in [0.5, 0.6) is 0 Å². The largest absolute Gasteiger partial charge is 0.352 e. The van der Waals surface area contributed by atoms with Gasteiger partial charge in [0.1, 0.15) is 0 Å². The number of carbonyl (C=O) groups is 1. The second-order valence-electron chi connectivity index (χ2n) is 10.2. The number of aliphatic imine (C=N–C) groups is 1. The maximum Gasteiger partial charge on any atom is 0.312 e. The Bertz CT molecular complexity index is 461. The van der Waals surface area contributed by atoms with Gasteiger partial charge in [0.2, 0.25) is 6.08 Å². The lowest BCUT2D eigenvalue weighted by atomic mass is 10.0. The molecule has 0 aromatic heterocycles. The van der Waals surface area contributed by atoms with E-state index in [2.05, 4.69) is 34.8 Å². The number of nitrogens with two attached hydrogens (primary N) is 1. The zero-order chi connectivity index (χ0) is 24.3. The standard InChI is InChI=1S/2C7H15N.C5H12N2O.C5H9NO/c2*1-2-7-5-3-4-6-8-7;1-5(2,3)7-4(6)8;1-5(2,3)6-4-7/h2*7-8H,2-6H2,1H3;1-3H3,(H3,6,7,8);1-3H3. The number of isocyanates is 1. The summed E-state index contributed by atoms with van der Waals surface area (Å²) in [6.45, 7) is 18.2. The summed E-state index contributed by atoms with van der Waals surface area (Å²) in [4.78, 5) is 23.1. The molecule has 2 atom stereocenters. The Kier molecular flexibility index (Phi) is 18.6. The van der Waals surface area contributed by atoms with Gasteiger partial charge in [-0.25, -0.2) is 14.6 Å². The normalized spacial score (nSPS) is 20.8. The average molecular weight is 442 g/mol. The van der Waals surface area contributed by atoms with Crippen LogP contribution in [0.4, 0.5) is 4.79 Å². The van der Waals surface area contributed by atoms with Crippen LogP contribution in [0.2, 0.25) is 0 Å². The van der Waals surface area contributed by atoms with Crippen LogP contribution >= 0.6 is 0 Å². The molecule has 0 bridgehead atoms. The molecule has 2 rings (SSSR count). The summed E-state index contributed by atoms with van der Waals surface area (Å²) in [5.74, 6) is 0. The van der Waals surface area contributed by atoms with Gasteiger partial charge in [-0.15, -0.1) is 0 Å². The molecule has 0 aromatic carbocycles. The lowest BCUT2D eigenvalue weighted by Gasteiger charge is -2.21. The van der Waals surface area contributed by atoms with Crippen LogP contribution in [0.25, 0.3) is 0 Å². The number of rotatable bonds is 2. The zero-order valence-corrected chi connectivity index (χ0v) is 21.6. The lowest BCUT2D eigenvalue weighted by Crippen LogP contribution is -2.43. The van der Waals surface area contributed by atoms with Gasteiger partial charge in [-0.05, 0) is 93.2 Å². The number of hydrogen-bond acceptors (Lipinski definition) is 5. The molecule has 2 aliphatic heterocycles. The number of nitrogens with one attached hydrogen (secondary N) is 3. The van der Waals surface area contributed by atoms with Crippen molar-refractivity contribution >= 4 is 12.1 Å². The first-order valence-corrected chi connectivity index (χ1v) is 12.0. The SMILES string of the molecule is CC(C)(C)N=C=O.CC(C)(C)NC(N)=O.CCC1CCCCN1.CCC1CCCCN1. The monoisotopic (exact) mass is 441 g/mol. The molecule has 0 aromatic rings. The van der Waals surface area contributed by atoms with Gasteiger partial charge >= 0.3 is 6.03 Å². The second-order valence-corrected chi connectivity index (χ2v) is 10.2. The van der Waals surface area contributed by atoms with Crippen molar-refractivity contribution in [1.29, 1.82) is 0 Å². The number of urea groups is 1. The van der Waals surface area contributed by atoms with E-state index in [1.165, 1.54) is 70.5 Å². The minimum atomic E-state index is -0.475. The van der Waals surface area contributed by atoms with E-state index >= 15 is 0 Å². The second kappa shape index (κ2) is 18.2. The highest BCUT2D eigenvalue weighted by molar-refractivity contribution is 5.72.